The van der Waals surface area contributed by atoms with Gasteiger partial charge in [-0.1, -0.05) is 36.4 Å². The average Bonchev–Trinajstić information content (AvgIpc) is 3.03. The Balaban J connectivity index is 1.44. The molecule has 0 fully saturated rings. The van der Waals surface area contributed by atoms with E-state index in [4.69, 9.17) is 0 Å². The molecule has 4 rings (SSSR count). The summed E-state index contributed by atoms with van der Waals surface area (Å²) in [5.41, 5.74) is 6.25. The van der Waals surface area contributed by atoms with Crippen molar-refractivity contribution in [3.05, 3.63) is 77.0 Å². The number of nitrogens with one attached hydrogen (secondary N) is 2. The lowest BCUT2D eigenvalue weighted by molar-refractivity contribution is -0.116. The third kappa shape index (κ3) is 3.50. The van der Waals surface area contributed by atoms with E-state index in [1.807, 2.05) is 36.4 Å². The van der Waals surface area contributed by atoms with Crippen LogP contribution in [-0.2, 0) is 24.2 Å². The molecule has 3 nitrogen and oxygen atoms in total. The summed E-state index contributed by atoms with van der Waals surface area (Å²) >= 11 is 0. The van der Waals surface area contributed by atoms with Crippen LogP contribution < -0.4 is 5.32 Å². The lowest BCUT2D eigenvalue weighted by atomic mass is 9.95. The number of fused-ring (bicyclic) bond motifs is 3. The summed E-state index contributed by atoms with van der Waals surface area (Å²) in [4.78, 5) is 15.6. The average molecular weight is 330 g/mol. The standard InChI is InChI=1S/C22H22N2O/c25-22(13-11-16-6-2-1-3-7-16)23-15-17-10-12-21-19(14-17)18-8-4-5-9-20(18)24-21/h1-3,6-7,10-14,24H,4-5,8-9,15H2,(H,23,25)/b13-11-. The highest BCUT2D eigenvalue weighted by Crippen LogP contribution is 2.29. The number of amides is 1. The van der Waals surface area contributed by atoms with E-state index in [-0.39, 0.29) is 5.91 Å². The molecule has 2 aromatic carbocycles. The Morgan fingerprint density at radius 1 is 1.08 bits per heavy atom. The lowest BCUT2D eigenvalue weighted by Gasteiger charge is -2.10. The van der Waals surface area contributed by atoms with Gasteiger partial charge in [0.05, 0.1) is 0 Å². The Kier molecular flexibility index (Phi) is 4.38. The van der Waals surface area contributed by atoms with Crippen LogP contribution in [0.2, 0.25) is 0 Å². The number of H-pyrrole nitrogens is 1. The molecular formula is C22H22N2O. The first-order chi connectivity index (χ1) is 12.3. The Labute approximate surface area is 147 Å². The van der Waals surface area contributed by atoms with Gasteiger partial charge in [0.25, 0.3) is 0 Å². The van der Waals surface area contributed by atoms with Crippen molar-refractivity contribution < 1.29 is 4.79 Å². The maximum absolute atomic E-state index is 12.0. The van der Waals surface area contributed by atoms with Crippen LogP contribution >= 0.6 is 0 Å². The van der Waals surface area contributed by atoms with Crippen molar-refractivity contribution >= 4 is 22.9 Å². The zero-order chi connectivity index (χ0) is 17.1. The fourth-order valence-electron chi connectivity index (χ4n) is 3.55. The largest absolute Gasteiger partial charge is 0.358 e. The fraction of sp³-hybridized carbons (Fsp3) is 0.227. The third-order valence-electron chi connectivity index (χ3n) is 4.86. The maximum Gasteiger partial charge on any atom is 0.244 e. The molecule has 0 spiro atoms. The van der Waals surface area contributed by atoms with Crippen LogP contribution in [-0.4, -0.2) is 10.9 Å². The number of aromatic nitrogens is 1. The van der Waals surface area contributed by atoms with Gasteiger partial charge in [-0.05, 0) is 60.6 Å². The van der Waals surface area contributed by atoms with E-state index in [0.717, 1.165) is 24.0 Å². The molecule has 2 N–H and O–H groups in total. The van der Waals surface area contributed by atoms with Crippen LogP contribution in [0.3, 0.4) is 0 Å². The number of rotatable bonds is 4. The SMILES string of the molecule is O=C(/C=C\c1ccccc1)NCc1ccc2[nH]c3c(c2c1)CCCC3. The molecule has 0 saturated heterocycles. The molecule has 0 unspecified atom stereocenters. The molecule has 1 heterocycles. The zero-order valence-electron chi connectivity index (χ0n) is 14.2. The van der Waals surface area contributed by atoms with Crippen LogP contribution in [0, 0.1) is 0 Å². The second kappa shape index (κ2) is 6.98. The first kappa shape index (κ1) is 15.7. The van der Waals surface area contributed by atoms with Gasteiger partial charge in [-0.3, -0.25) is 4.79 Å². The van der Waals surface area contributed by atoms with Crippen LogP contribution in [0.1, 0.15) is 35.2 Å². The second-order valence-electron chi connectivity index (χ2n) is 6.63. The molecule has 1 aromatic heterocycles. The van der Waals surface area contributed by atoms with Gasteiger partial charge in [0, 0.05) is 29.2 Å². The Hall–Kier alpha value is -2.81. The molecule has 1 aliphatic carbocycles. The van der Waals surface area contributed by atoms with Crippen LogP contribution in [0.15, 0.2) is 54.6 Å². The molecule has 0 aliphatic heterocycles. The number of hydrogen-bond acceptors (Lipinski definition) is 1. The molecule has 3 heteroatoms. The van der Waals surface area contributed by atoms with Crippen molar-refractivity contribution in [1.82, 2.24) is 10.3 Å². The van der Waals surface area contributed by atoms with E-state index >= 15 is 0 Å². The molecule has 0 bridgehead atoms. The van der Waals surface area contributed by atoms with E-state index < -0.39 is 0 Å². The molecule has 0 atom stereocenters. The summed E-state index contributed by atoms with van der Waals surface area (Å²) in [6, 6.07) is 16.3. The van der Waals surface area contributed by atoms with Crippen LogP contribution in [0.5, 0.6) is 0 Å². The van der Waals surface area contributed by atoms with Gasteiger partial charge in [-0.25, -0.2) is 0 Å². The Morgan fingerprint density at radius 2 is 1.92 bits per heavy atom. The molecule has 25 heavy (non-hydrogen) atoms. The number of benzene rings is 2. The first-order valence-electron chi connectivity index (χ1n) is 8.93. The molecule has 1 aliphatic rings. The summed E-state index contributed by atoms with van der Waals surface area (Å²) < 4.78 is 0. The van der Waals surface area contributed by atoms with Gasteiger partial charge in [-0.15, -0.1) is 0 Å². The fourth-order valence-corrected chi connectivity index (χ4v) is 3.55. The van der Waals surface area contributed by atoms with Crippen molar-refractivity contribution in [2.24, 2.45) is 0 Å². The van der Waals surface area contributed by atoms with E-state index in [0.29, 0.717) is 6.54 Å². The zero-order valence-corrected chi connectivity index (χ0v) is 14.2. The van der Waals surface area contributed by atoms with Crippen LogP contribution in [0.25, 0.3) is 17.0 Å². The van der Waals surface area contributed by atoms with Crippen molar-refractivity contribution in [3.8, 4) is 0 Å². The lowest BCUT2D eigenvalue weighted by Crippen LogP contribution is -2.20. The Morgan fingerprint density at radius 3 is 2.80 bits per heavy atom. The maximum atomic E-state index is 12.0. The summed E-state index contributed by atoms with van der Waals surface area (Å²) in [6.45, 7) is 0.549. The predicted octanol–water partition coefficient (Wildman–Crippen LogP) is 4.38. The second-order valence-corrected chi connectivity index (χ2v) is 6.63. The van der Waals surface area contributed by atoms with Gasteiger partial charge < -0.3 is 10.3 Å². The van der Waals surface area contributed by atoms with Gasteiger partial charge in [0.15, 0.2) is 0 Å². The summed E-state index contributed by atoms with van der Waals surface area (Å²) in [5, 5.41) is 4.29. The number of carbonyl (C=O) groups excluding carboxylic acids is 1. The van der Waals surface area contributed by atoms with E-state index in [9.17, 15) is 4.79 Å². The highest BCUT2D eigenvalue weighted by Gasteiger charge is 2.15. The molecular weight excluding hydrogens is 308 g/mol. The first-order valence-corrected chi connectivity index (χ1v) is 8.93. The highest BCUT2D eigenvalue weighted by atomic mass is 16.1. The number of aryl methyl sites for hydroxylation is 2. The van der Waals surface area contributed by atoms with Gasteiger partial charge in [0.2, 0.25) is 5.91 Å². The number of carbonyl (C=O) groups is 1. The molecule has 1 amide bonds. The molecule has 0 radical (unpaired) electrons. The van der Waals surface area contributed by atoms with Gasteiger partial charge in [0.1, 0.15) is 0 Å². The minimum absolute atomic E-state index is 0.0694. The monoisotopic (exact) mass is 330 g/mol. The van der Waals surface area contributed by atoms with E-state index in [1.54, 1.807) is 6.08 Å². The number of hydrogen-bond donors (Lipinski definition) is 2. The minimum Gasteiger partial charge on any atom is -0.358 e. The Bertz CT molecular complexity index is 922. The third-order valence-corrected chi connectivity index (χ3v) is 4.86. The molecule has 3 aromatic rings. The normalized spacial score (nSPS) is 13.9. The summed E-state index contributed by atoms with van der Waals surface area (Å²) in [5.74, 6) is -0.0694. The van der Waals surface area contributed by atoms with E-state index in [1.165, 1.54) is 35.0 Å². The van der Waals surface area contributed by atoms with Crippen molar-refractivity contribution in [1.29, 1.82) is 0 Å². The van der Waals surface area contributed by atoms with Gasteiger partial charge >= 0.3 is 0 Å². The minimum atomic E-state index is -0.0694. The molecule has 0 saturated carbocycles. The van der Waals surface area contributed by atoms with Crippen LogP contribution in [0.4, 0.5) is 0 Å². The quantitative estimate of drug-likeness (QED) is 0.685. The van der Waals surface area contributed by atoms with Crippen molar-refractivity contribution in [3.63, 3.8) is 0 Å². The van der Waals surface area contributed by atoms with Crippen molar-refractivity contribution in [2.45, 2.75) is 32.2 Å². The van der Waals surface area contributed by atoms with E-state index in [2.05, 4.69) is 28.5 Å². The summed E-state index contributed by atoms with van der Waals surface area (Å²) in [7, 11) is 0. The van der Waals surface area contributed by atoms with Gasteiger partial charge in [-0.2, -0.15) is 0 Å². The van der Waals surface area contributed by atoms with Crippen molar-refractivity contribution in [2.75, 3.05) is 0 Å². The highest BCUT2D eigenvalue weighted by molar-refractivity contribution is 5.91. The predicted molar refractivity (Wildman–Crippen MR) is 102 cm³/mol. The topological polar surface area (TPSA) is 44.9 Å². The molecule has 126 valence electrons. The smallest absolute Gasteiger partial charge is 0.244 e. The summed E-state index contributed by atoms with van der Waals surface area (Å²) in [6.07, 6.45) is 8.28. The number of aromatic amines is 1.